The van der Waals surface area contributed by atoms with Gasteiger partial charge in [-0.05, 0) is 24.3 Å². The second-order valence-corrected chi connectivity index (χ2v) is 5.74. The number of amides is 1. The van der Waals surface area contributed by atoms with Gasteiger partial charge < -0.3 is 10.2 Å². The summed E-state index contributed by atoms with van der Waals surface area (Å²) in [5.74, 6) is 0.0268. The standard InChI is InChI=1S/C14H19BrN2O/c15-13-6-4-12(5-7-13)14(18)16-8-3-11-17-9-1-2-10-17/h4-7H,1-3,8-11H2,(H,16,18)/p+1. The van der Waals surface area contributed by atoms with E-state index in [-0.39, 0.29) is 5.91 Å². The molecule has 2 N–H and O–H groups in total. The third-order valence-electron chi connectivity index (χ3n) is 3.41. The van der Waals surface area contributed by atoms with Crippen LogP contribution in [0.4, 0.5) is 0 Å². The minimum absolute atomic E-state index is 0.0268. The molecule has 1 aromatic rings. The van der Waals surface area contributed by atoms with Gasteiger partial charge in [-0.3, -0.25) is 4.79 Å². The van der Waals surface area contributed by atoms with Crippen molar-refractivity contribution in [2.75, 3.05) is 26.2 Å². The van der Waals surface area contributed by atoms with Crippen LogP contribution in [0.5, 0.6) is 0 Å². The molecule has 0 unspecified atom stereocenters. The number of nitrogens with one attached hydrogen (secondary N) is 2. The van der Waals surface area contributed by atoms with Gasteiger partial charge in [0.25, 0.3) is 5.91 Å². The molecule has 1 aromatic carbocycles. The van der Waals surface area contributed by atoms with E-state index in [2.05, 4.69) is 21.2 Å². The predicted molar refractivity (Wildman–Crippen MR) is 75.9 cm³/mol. The van der Waals surface area contributed by atoms with Crippen molar-refractivity contribution in [1.29, 1.82) is 0 Å². The minimum atomic E-state index is 0.0268. The molecular formula is C14H20BrN2O+. The summed E-state index contributed by atoms with van der Waals surface area (Å²) in [5.41, 5.74) is 0.728. The lowest BCUT2D eigenvalue weighted by Crippen LogP contribution is -3.10. The van der Waals surface area contributed by atoms with E-state index in [9.17, 15) is 4.79 Å². The molecule has 98 valence electrons. The third kappa shape index (κ3) is 4.10. The highest BCUT2D eigenvalue weighted by atomic mass is 79.9. The Morgan fingerprint density at radius 3 is 2.56 bits per heavy atom. The van der Waals surface area contributed by atoms with Crippen LogP contribution in [0.1, 0.15) is 29.6 Å². The van der Waals surface area contributed by atoms with Crippen LogP contribution in [0.2, 0.25) is 0 Å². The maximum Gasteiger partial charge on any atom is 0.251 e. The van der Waals surface area contributed by atoms with Crippen LogP contribution in [-0.4, -0.2) is 32.1 Å². The monoisotopic (exact) mass is 311 g/mol. The lowest BCUT2D eigenvalue weighted by Gasteiger charge is -2.12. The summed E-state index contributed by atoms with van der Waals surface area (Å²) in [4.78, 5) is 13.5. The largest absolute Gasteiger partial charge is 0.352 e. The quantitative estimate of drug-likeness (QED) is 0.788. The van der Waals surface area contributed by atoms with Crippen LogP contribution in [0.15, 0.2) is 28.7 Å². The van der Waals surface area contributed by atoms with E-state index in [1.165, 1.54) is 32.5 Å². The number of carbonyl (C=O) groups is 1. The molecule has 0 bridgehead atoms. The van der Waals surface area contributed by atoms with E-state index in [1.54, 1.807) is 4.90 Å². The van der Waals surface area contributed by atoms with Gasteiger partial charge in [0.05, 0.1) is 19.6 Å². The van der Waals surface area contributed by atoms with E-state index >= 15 is 0 Å². The zero-order chi connectivity index (χ0) is 12.8. The van der Waals surface area contributed by atoms with Gasteiger partial charge in [-0.1, -0.05) is 15.9 Å². The number of halogens is 1. The number of likely N-dealkylation sites (tertiary alicyclic amines) is 1. The number of carbonyl (C=O) groups excluding carboxylic acids is 1. The van der Waals surface area contributed by atoms with E-state index in [1.807, 2.05) is 24.3 Å². The maximum absolute atomic E-state index is 11.8. The SMILES string of the molecule is O=C(NCCC[NH+]1CCCC1)c1ccc(Br)cc1. The van der Waals surface area contributed by atoms with Gasteiger partial charge in [0.15, 0.2) is 0 Å². The van der Waals surface area contributed by atoms with Crippen molar-refractivity contribution in [3.05, 3.63) is 34.3 Å². The summed E-state index contributed by atoms with van der Waals surface area (Å²) >= 11 is 3.36. The molecule has 0 saturated carbocycles. The van der Waals surface area contributed by atoms with Crippen LogP contribution in [0.25, 0.3) is 0 Å². The lowest BCUT2D eigenvalue weighted by atomic mass is 10.2. The van der Waals surface area contributed by atoms with Gasteiger partial charge in [0.1, 0.15) is 0 Å². The average molecular weight is 312 g/mol. The van der Waals surface area contributed by atoms with Crippen LogP contribution in [0.3, 0.4) is 0 Å². The van der Waals surface area contributed by atoms with Gasteiger partial charge in [-0.2, -0.15) is 0 Å². The molecule has 2 rings (SSSR count). The Labute approximate surface area is 117 Å². The molecule has 0 aliphatic carbocycles. The van der Waals surface area contributed by atoms with E-state index in [4.69, 9.17) is 0 Å². The number of quaternary nitrogens is 1. The minimum Gasteiger partial charge on any atom is -0.352 e. The van der Waals surface area contributed by atoms with Crippen molar-refractivity contribution in [2.24, 2.45) is 0 Å². The molecule has 1 saturated heterocycles. The highest BCUT2D eigenvalue weighted by molar-refractivity contribution is 9.10. The number of rotatable bonds is 5. The van der Waals surface area contributed by atoms with E-state index in [0.717, 1.165) is 23.0 Å². The summed E-state index contributed by atoms with van der Waals surface area (Å²) in [6, 6.07) is 7.46. The fraction of sp³-hybridized carbons (Fsp3) is 0.500. The average Bonchev–Trinajstić information content (AvgIpc) is 2.88. The van der Waals surface area contributed by atoms with Gasteiger partial charge >= 0.3 is 0 Å². The zero-order valence-corrected chi connectivity index (χ0v) is 12.1. The summed E-state index contributed by atoms with van der Waals surface area (Å²) < 4.78 is 0.997. The van der Waals surface area contributed by atoms with Crippen molar-refractivity contribution in [1.82, 2.24) is 5.32 Å². The normalized spacial score (nSPS) is 15.8. The first-order chi connectivity index (χ1) is 8.75. The van der Waals surface area contributed by atoms with Crippen LogP contribution in [-0.2, 0) is 0 Å². The Morgan fingerprint density at radius 2 is 1.89 bits per heavy atom. The molecule has 0 aromatic heterocycles. The molecule has 1 aliphatic rings. The summed E-state index contributed by atoms with van der Waals surface area (Å²) in [6.45, 7) is 4.57. The Bertz CT molecular complexity index is 385. The second-order valence-electron chi connectivity index (χ2n) is 4.82. The highest BCUT2D eigenvalue weighted by Gasteiger charge is 2.14. The van der Waals surface area contributed by atoms with Crippen molar-refractivity contribution in [3.8, 4) is 0 Å². The topological polar surface area (TPSA) is 33.5 Å². The zero-order valence-electron chi connectivity index (χ0n) is 10.5. The van der Waals surface area contributed by atoms with Gasteiger partial charge in [-0.15, -0.1) is 0 Å². The third-order valence-corrected chi connectivity index (χ3v) is 3.94. The lowest BCUT2D eigenvalue weighted by molar-refractivity contribution is -0.887. The Kier molecular flexibility index (Phi) is 5.20. The number of hydrogen-bond acceptors (Lipinski definition) is 1. The number of hydrogen-bond donors (Lipinski definition) is 2. The predicted octanol–water partition coefficient (Wildman–Crippen LogP) is 1.25. The molecule has 1 aliphatic heterocycles. The van der Waals surface area contributed by atoms with E-state index in [0.29, 0.717) is 0 Å². The molecule has 0 radical (unpaired) electrons. The van der Waals surface area contributed by atoms with Gasteiger partial charge in [0, 0.05) is 35.8 Å². The Balaban J connectivity index is 1.66. The van der Waals surface area contributed by atoms with Crippen molar-refractivity contribution in [3.63, 3.8) is 0 Å². The highest BCUT2D eigenvalue weighted by Crippen LogP contribution is 2.10. The van der Waals surface area contributed by atoms with Gasteiger partial charge in [-0.25, -0.2) is 0 Å². The first-order valence-electron chi connectivity index (χ1n) is 6.63. The molecule has 1 fully saturated rings. The summed E-state index contributed by atoms with van der Waals surface area (Å²) in [5, 5.41) is 2.97. The molecule has 0 atom stereocenters. The van der Waals surface area contributed by atoms with E-state index < -0.39 is 0 Å². The molecule has 0 spiro atoms. The summed E-state index contributed by atoms with van der Waals surface area (Å²) in [7, 11) is 0. The molecule has 1 amide bonds. The van der Waals surface area contributed by atoms with Crippen molar-refractivity contribution >= 4 is 21.8 Å². The molecule has 18 heavy (non-hydrogen) atoms. The second kappa shape index (κ2) is 6.90. The Hall–Kier alpha value is -0.870. The van der Waals surface area contributed by atoms with Crippen molar-refractivity contribution < 1.29 is 9.69 Å². The molecular weight excluding hydrogens is 292 g/mol. The Morgan fingerprint density at radius 1 is 1.22 bits per heavy atom. The molecule has 1 heterocycles. The number of benzene rings is 1. The first kappa shape index (κ1) is 13.6. The van der Waals surface area contributed by atoms with Crippen LogP contribution >= 0.6 is 15.9 Å². The fourth-order valence-electron chi connectivity index (χ4n) is 2.37. The van der Waals surface area contributed by atoms with Crippen LogP contribution < -0.4 is 10.2 Å². The fourth-order valence-corrected chi connectivity index (χ4v) is 2.63. The molecule has 4 heteroatoms. The molecule has 3 nitrogen and oxygen atoms in total. The van der Waals surface area contributed by atoms with Crippen LogP contribution in [0, 0.1) is 0 Å². The maximum atomic E-state index is 11.8. The summed E-state index contributed by atoms with van der Waals surface area (Å²) in [6.07, 6.45) is 3.79. The van der Waals surface area contributed by atoms with Crippen molar-refractivity contribution in [2.45, 2.75) is 19.3 Å². The smallest absolute Gasteiger partial charge is 0.251 e. The van der Waals surface area contributed by atoms with Gasteiger partial charge in [0.2, 0.25) is 0 Å². The first-order valence-corrected chi connectivity index (χ1v) is 7.42.